The van der Waals surface area contributed by atoms with Crippen molar-refractivity contribution in [2.24, 2.45) is 4.99 Å². The largest absolute Gasteiger partial charge is 0.481 e. The van der Waals surface area contributed by atoms with Crippen LogP contribution >= 0.6 is 35.3 Å². The summed E-state index contributed by atoms with van der Waals surface area (Å²) in [7, 11) is 3.36. The first-order valence-electron chi connectivity index (χ1n) is 7.07. The van der Waals surface area contributed by atoms with Gasteiger partial charge in [-0.1, -0.05) is 6.07 Å². The number of halogens is 1. The predicted octanol–water partition coefficient (Wildman–Crippen LogP) is 2.38. The van der Waals surface area contributed by atoms with E-state index < -0.39 is 0 Å². The second kappa shape index (κ2) is 10.4. The van der Waals surface area contributed by atoms with Crippen LogP contribution in [0.25, 0.3) is 0 Å². The van der Waals surface area contributed by atoms with Crippen LogP contribution in [0.3, 0.4) is 0 Å². The highest BCUT2D eigenvalue weighted by Crippen LogP contribution is 2.10. The minimum absolute atomic E-state index is 0. The minimum atomic E-state index is 0. The molecule has 0 aliphatic heterocycles. The van der Waals surface area contributed by atoms with Crippen molar-refractivity contribution in [2.75, 3.05) is 20.7 Å². The van der Waals surface area contributed by atoms with E-state index >= 15 is 0 Å². The van der Waals surface area contributed by atoms with Gasteiger partial charge in [-0.3, -0.25) is 4.99 Å². The molecular formula is C15H22IN5OS. The van der Waals surface area contributed by atoms with Crippen LogP contribution in [0.2, 0.25) is 0 Å². The Morgan fingerprint density at radius 1 is 1.35 bits per heavy atom. The molecule has 2 heterocycles. The van der Waals surface area contributed by atoms with Crippen molar-refractivity contribution in [1.82, 2.24) is 20.6 Å². The number of aliphatic imine (C=N–C) groups is 1. The van der Waals surface area contributed by atoms with Gasteiger partial charge in [0.25, 0.3) is 0 Å². The maximum atomic E-state index is 5.11. The lowest BCUT2D eigenvalue weighted by Crippen LogP contribution is -2.38. The molecule has 0 fully saturated rings. The topological polar surface area (TPSA) is 71.4 Å². The molecule has 2 aromatic rings. The van der Waals surface area contributed by atoms with Crippen LogP contribution in [0.5, 0.6) is 5.88 Å². The van der Waals surface area contributed by atoms with Crippen molar-refractivity contribution in [3.8, 4) is 5.88 Å². The highest BCUT2D eigenvalue weighted by atomic mass is 127. The molecule has 0 aliphatic rings. The van der Waals surface area contributed by atoms with E-state index in [1.165, 1.54) is 4.88 Å². The molecule has 126 valence electrons. The van der Waals surface area contributed by atoms with Crippen molar-refractivity contribution < 1.29 is 4.74 Å². The first kappa shape index (κ1) is 19.6. The quantitative estimate of drug-likeness (QED) is 0.404. The number of rotatable bonds is 6. The average molecular weight is 447 g/mol. The van der Waals surface area contributed by atoms with Gasteiger partial charge >= 0.3 is 0 Å². The Hall–Kier alpha value is -1.42. The first-order chi connectivity index (χ1) is 10.7. The van der Waals surface area contributed by atoms with E-state index in [9.17, 15) is 0 Å². The average Bonchev–Trinajstić information content (AvgIpc) is 2.96. The Labute approximate surface area is 157 Å². The molecule has 6 nitrogen and oxygen atoms in total. The van der Waals surface area contributed by atoms with Crippen LogP contribution in [-0.4, -0.2) is 36.6 Å². The molecule has 0 atom stereocenters. The molecule has 2 rings (SSSR count). The van der Waals surface area contributed by atoms with Gasteiger partial charge in [-0.25, -0.2) is 9.97 Å². The molecule has 0 aliphatic carbocycles. The van der Waals surface area contributed by atoms with E-state index in [1.807, 2.05) is 24.4 Å². The number of nitrogens with one attached hydrogen (secondary N) is 2. The Bertz CT molecular complexity index is 632. The summed E-state index contributed by atoms with van der Waals surface area (Å²) < 4.78 is 5.11. The molecule has 0 bridgehead atoms. The lowest BCUT2D eigenvalue weighted by atomic mass is 10.3. The Kier molecular flexibility index (Phi) is 8.85. The zero-order chi connectivity index (χ0) is 15.8. The number of nitrogens with zero attached hydrogens (tertiary/aromatic N) is 3. The van der Waals surface area contributed by atoms with E-state index in [0.29, 0.717) is 12.4 Å². The van der Waals surface area contributed by atoms with E-state index in [-0.39, 0.29) is 24.0 Å². The molecule has 8 heteroatoms. The number of guanidine groups is 1. The van der Waals surface area contributed by atoms with Gasteiger partial charge in [-0.15, -0.1) is 35.3 Å². The van der Waals surface area contributed by atoms with Gasteiger partial charge < -0.3 is 15.4 Å². The fraction of sp³-hybridized carbons (Fsp3) is 0.400. The fourth-order valence-electron chi connectivity index (χ4n) is 1.87. The number of hydrogen-bond donors (Lipinski definition) is 2. The molecule has 2 N–H and O–H groups in total. The second-order valence-corrected chi connectivity index (χ2v) is 5.96. The lowest BCUT2D eigenvalue weighted by molar-refractivity contribution is 0.396. The minimum Gasteiger partial charge on any atom is -0.481 e. The summed E-state index contributed by atoms with van der Waals surface area (Å²) in [4.78, 5) is 14.1. The molecule has 0 radical (unpaired) electrons. The van der Waals surface area contributed by atoms with Crippen molar-refractivity contribution >= 4 is 41.3 Å². The van der Waals surface area contributed by atoms with E-state index in [0.717, 1.165) is 29.6 Å². The molecule has 2 aromatic heterocycles. The van der Waals surface area contributed by atoms with Crippen LogP contribution in [0.4, 0.5) is 0 Å². The zero-order valence-electron chi connectivity index (χ0n) is 13.5. The summed E-state index contributed by atoms with van der Waals surface area (Å²) >= 11 is 1.73. The van der Waals surface area contributed by atoms with Gasteiger partial charge in [-0.2, -0.15) is 0 Å². The maximum absolute atomic E-state index is 5.11. The molecule has 0 saturated heterocycles. The second-order valence-electron chi connectivity index (χ2n) is 4.64. The molecule has 0 aromatic carbocycles. The number of methoxy groups -OCH3 is 1. The number of thiazole rings is 1. The Morgan fingerprint density at radius 3 is 2.83 bits per heavy atom. The molecule has 0 spiro atoms. The molecule has 0 unspecified atom stereocenters. The van der Waals surface area contributed by atoms with E-state index in [1.54, 1.807) is 25.5 Å². The third-order valence-electron chi connectivity index (χ3n) is 2.95. The Morgan fingerprint density at radius 2 is 2.17 bits per heavy atom. The van der Waals surface area contributed by atoms with Crippen molar-refractivity contribution in [3.63, 3.8) is 0 Å². The number of ether oxygens (including phenoxy) is 1. The van der Waals surface area contributed by atoms with Crippen LogP contribution in [-0.2, 0) is 13.0 Å². The summed E-state index contributed by atoms with van der Waals surface area (Å²) in [6.07, 6.45) is 2.79. The highest BCUT2D eigenvalue weighted by Gasteiger charge is 2.02. The normalized spacial score (nSPS) is 10.8. The van der Waals surface area contributed by atoms with Gasteiger partial charge in [0.05, 0.1) is 24.4 Å². The summed E-state index contributed by atoms with van der Waals surface area (Å²) in [5.74, 6) is 1.36. The van der Waals surface area contributed by atoms with Gasteiger partial charge in [0.1, 0.15) is 0 Å². The molecule has 23 heavy (non-hydrogen) atoms. The summed E-state index contributed by atoms with van der Waals surface area (Å²) in [6.45, 7) is 3.45. The van der Waals surface area contributed by atoms with Gasteiger partial charge in [0, 0.05) is 37.2 Å². The zero-order valence-corrected chi connectivity index (χ0v) is 16.6. The van der Waals surface area contributed by atoms with Crippen LogP contribution in [0.1, 0.15) is 15.6 Å². The Balaban J connectivity index is 0.00000264. The van der Waals surface area contributed by atoms with Gasteiger partial charge in [0.15, 0.2) is 5.96 Å². The third-order valence-corrected chi connectivity index (χ3v) is 3.92. The number of aryl methyl sites for hydroxylation is 1. The van der Waals surface area contributed by atoms with Crippen molar-refractivity contribution in [3.05, 3.63) is 40.0 Å². The van der Waals surface area contributed by atoms with Crippen LogP contribution < -0.4 is 15.4 Å². The smallest absolute Gasteiger partial charge is 0.213 e. The van der Waals surface area contributed by atoms with Gasteiger partial charge in [0.2, 0.25) is 5.88 Å². The lowest BCUT2D eigenvalue weighted by Gasteiger charge is -2.11. The van der Waals surface area contributed by atoms with E-state index in [2.05, 4.69) is 32.5 Å². The van der Waals surface area contributed by atoms with E-state index in [4.69, 9.17) is 4.74 Å². The summed E-state index contributed by atoms with van der Waals surface area (Å²) in [5, 5.41) is 7.64. The molecule has 0 amide bonds. The number of pyridine rings is 1. The van der Waals surface area contributed by atoms with Crippen LogP contribution in [0, 0.1) is 6.92 Å². The highest BCUT2D eigenvalue weighted by molar-refractivity contribution is 14.0. The number of hydrogen-bond acceptors (Lipinski definition) is 5. The molecule has 0 saturated carbocycles. The fourth-order valence-corrected chi connectivity index (χ4v) is 2.66. The molecular weight excluding hydrogens is 425 g/mol. The standard InChI is InChI=1S/C15H21N5OS.HI/c1-11-9-18-14(22-11)7-8-17-15(16-2)19-10-12-5-4-6-13(20-12)21-3;/h4-6,9H,7-8,10H2,1-3H3,(H2,16,17,19);1H. The van der Waals surface area contributed by atoms with Gasteiger partial charge in [-0.05, 0) is 13.0 Å². The van der Waals surface area contributed by atoms with Crippen LogP contribution in [0.15, 0.2) is 29.4 Å². The third kappa shape index (κ3) is 6.69. The predicted molar refractivity (Wildman–Crippen MR) is 105 cm³/mol. The van der Waals surface area contributed by atoms with Crippen molar-refractivity contribution in [2.45, 2.75) is 19.9 Å². The monoisotopic (exact) mass is 447 g/mol. The number of aromatic nitrogens is 2. The first-order valence-corrected chi connectivity index (χ1v) is 7.88. The van der Waals surface area contributed by atoms with Crippen molar-refractivity contribution in [1.29, 1.82) is 0 Å². The SMILES string of the molecule is CN=C(NCCc1ncc(C)s1)NCc1cccc(OC)n1.I. The summed E-state index contributed by atoms with van der Waals surface area (Å²) in [5.41, 5.74) is 0.901. The maximum Gasteiger partial charge on any atom is 0.213 e. The summed E-state index contributed by atoms with van der Waals surface area (Å²) in [6, 6.07) is 5.69.